The number of hydrogen-bond acceptors (Lipinski definition) is 3. The van der Waals surface area contributed by atoms with Crippen molar-refractivity contribution in [2.24, 2.45) is 5.73 Å². The Kier molecular flexibility index (Phi) is 4.77. The fourth-order valence-electron chi connectivity index (χ4n) is 2.20. The number of ether oxygens (including phenoxy) is 1. The van der Waals surface area contributed by atoms with Crippen molar-refractivity contribution in [1.82, 2.24) is 4.90 Å². The molecule has 0 radical (unpaired) electrons. The molecule has 1 heterocycles. The molecule has 0 spiro atoms. The van der Waals surface area contributed by atoms with E-state index in [1.165, 1.54) is 5.56 Å². The van der Waals surface area contributed by atoms with Crippen LogP contribution >= 0.6 is 0 Å². The van der Waals surface area contributed by atoms with Crippen molar-refractivity contribution < 1.29 is 4.74 Å². The third kappa shape index (κ3) is 3.58. The van der Waals surface area contributed by atoms with E-state index in [0.717, 1.165) is 31.8 Å². The fraction of sp³-hybridized carbons (Fsp3) is 0.467. The molecule has 1 fully saturated rings. The van der Waals surface area contributed by atoms with Gasteiger partial charge in [0.1, 0.15) is 0 Å². The van der Waals surface area contributed by atoms with Crippen LogP contribution in [0.15, 0.2) is 24.3 Å². The largest absolute Gasteiger partial charge is 0.376 e. The van der Waals surface area contributed by atoms with Gasteiger partial charge in [-0.2, -0.15) is 0 Å². The maximum atomic E-state index is 5.55. The van der Waals surface area contributed by atoms with Crippen LogP contribution in [0.2, 0.25) is 0 Å². The molecule has 18 heavy (non-hydrogen) atoms. The van der Waals surface area contributed by atoms with Gasteiger partial charge in [0.2, 0.25) is 0 Å². The lowest BCUT2D eigenvalue weighted by molar-refractivity contribution is -0.0212. The van der Waals surface area contributed by atoms with Gasteiger partial charge in [-0.05, 0) is 18.6 Å². The predicted octanol–water partition coefficient (Wildman–Crippen LogP) is 1.22. The van der Waals surface area contributed by atoms with E-state index in [2.05, 4.69) is 41.9 Å². The Morgan fingerprint density at radius 3 is 3.06 bits per heavy atom. The van der Waals surface area contributed by atoms with Crippen LogP contribution in [0.1, 0.15) is 18.1 Å². The monoisotopic (exact) mass is 244 g/mol. The van der Waals surface area contributed by atoms with Crippen LogP contribution in [-0.4, -0.2) is 37.2 Å². The first-order chi connectivity index (χ1) is 8.79. The Labute approximate surface area is 109 Å². The van der Waals surface area contributed by atoms with Gasteiger partial charge in [0, 0.05) is 25.2 Å². The molecule has 3 nitrogen and oxygen atoms in total. The van der Waals surface area contributed by atoms with E-state index in [-0.39, 0.29) is 0 Å². The van der Waals surface area contributed by atoms with Crippen molar-refractivity contribution in [3.8, 4) is 11.8 Å². The van der Waals surface area contributed by atoms with E-state index in [4.69, 9.17) is 10.5 Å². The molecule has 1 aromatic carbocycles. The first-order valence-corrected chi connectivity index (χ1v) is 6.40. The van der Waals surface area contributed by atoms with Crippen LogP contribution in [0.4, 0.5) is 0 Å². The summed E-state index contributed by atoms with van der Waals surface area (Å²) in [5.74, 6) is 6.07. The van der Waals surface area contributed by atoms with Crippen molar-refractivity contribution in [1.29, 1.82) is 0 Å². The van der Waals surface area contributed by atoms with Gasteiger partial charge in [-0.3, -0.25) is 4.90 Å². The maximum absolute atomic E-state index is 5.55. The lowest BCUT2D eigenvalue weighted by atomic mass is 10.1. The highest BCUT2D eigenvalue weighted by molar-refractivity contribution is 5.41. The van der Waals surface area contributed by atoms with Crippen LogP contribution in [0.3, 0.4) is 0 Å². The van der Waals surface area contributed by atoms with Crippen LogP contribution in [0.5, 0.6) is 0 Å². The van der Waals surface area contributed by atoms with E-state index in [1.807, 2.05) is 6.07 Å². The average molecular weight is 244 g/mol. The van der Waals surface area contributed by atoms with Gasteiger partial charge >= 0.3 is 0 Å². The quantitative estimate of drug-likeness (QED) is 0.795. The van der Waals surface area contributed by atoms with Gasteiger partial charge in [-0.25, -0.2) is 0 Å². The van der Waals surface area contributed by atoms with Crippen molar-refractivity contribution in [2.75, 3.05) is 26.2 Å². The molecule has 2 N–H and O–H groups in total. The highest BCUT2D eigenvalue weighted by Crippen LogP contribution is 2.13. The standard InChI is InChI=1S/C15H20N2O/c1-13-11-17(9-10-18-13)12-15-6-3-2-5-14(15)7-4-8-16/h2-3,5-6,13H,8-12,16H2,1H3. The van der Waals surface area contributed by atoms with Gasteiger partial charge in [-0.1, -0.05) is 30.0 Å². The molecule has 1 saturated heterocycles. The van der Waals surface area contributed by atoms with Gasteiger partial charge in [0.15, 0.2) is 0 Å². The molecule has 1 unspecified atom stereocenters. The number of hydrogen-bond donors (Lipinski definition) is 1. The summed E-state index contributed by atoms with van der Waals surface area (Å²) in [6.45, 7) is 6.25. The Morgan fingerprint density at radius 1 is 1.44 bits per heavy atom. The van der Waals surface area contributed by atoms with Crippen molar-refractivity contribution in [3.63, 3.8) is 0 Å². The second-order valence-corrected chi connectivity index (χ2v) is 4.58. The maximum Gasteiger partial charge on any atom is 0.0674 e. The Balaban J connectivity index is 2.08. The Hall–Kier alpha value is -1.34. The number of nitrogens with two attached hydrogens (primary N) is 1. The van der Waals surface area contributed by atoms with Crippen LogP contribution in [0.25, 0.3) is 0 Å². The molecule has 0 aliphatic carbocycles. The first kappa shape index (κ1) is 13.1. The van der Waals surface area contributed by atoms with Gasteiger partial charge in [0.05, 0.1) is 19.3 Å². The van der Waals surface area contributed by atoms with Gasteiger partial charge in [0.25, 0.3) is 0 Å². The predicted molar refractivity (Wildman–Crippen MR) is 73.1 cm³/mol. The summed E-state index contributed by atoms with van der Waals surface area (Å²) in [4.78, 5) is 2.41. The molecule has 1 aliphatic heterocycles. The van der Waals surface area contributed by atoms with Crippen LogP contribution < -0.4 is 5.73 Å². The second-order valence-electron chi connectivity index (χ2n) is 4.58. The number of nitrogens with zero attached hydrogens (tertiary/aromatic N) is 1. The van der Waals surface area contributed by atoms with E-state index in [9.17, 15) is 0 Å². The SMILES string of the molecule is CC1CN(Cc2ccccc2C#CCN)CCO1. The molecular formula is C15H20N2O. The lowest BCUT2D eigenvalue weighted by Gasteiger charge is -2.31. The van der Waals surface area contributed by atoms with E-state index in [1.54, 1.807) is 0 Å². The lowest BCUT2D eigenvalue weighted by Crippen LogP contribution is -2.40. The summed E-state index contributed by atoms with van der Waals surface area (Å²) in [7, 11) is 0. The summed E-state index contributed by atoms with van der Waals surface area (Å²) in [6, 6.07) is 8.28. The molecule has 0 saturated carbocycles. The van der Waals surface area contributed by atoms with Gasteiger partial charge in [-0.15, -0.1) is 0 Å². The highest BCUT2D eigenvalue weighted by atomic mass is 16.5. The third-order valence-electron chi connectivity index (χ3n) is 3.06. The molecule has 1 atom stereocenters. The molecule has 0 bridgehead atoms. The van der Waals surface area contributed by atoms with E-state index in [0.29, 0.717) is 12.6 Å². The smallest absolute Gasteiger partial charge is 0.0674 e. The average Bonchev–Trinajstić information content (AvgIpc) is 2.38. The zero-order valence-corrected chi connectivity index (χ0v) is 10.9. The zero-order chi connectivity index (χ0) is 12.8. The highest BCUT2D eigenvalue weighted by Gasteiger charge is 2.17. The minimum absolute atomic E-state index is 0.320. The summed E-state index contributed by atoms with van der Waals surface area (Å²) in [5, 5.41) is 0. The zero-order valence-electron chi connectivity index (χ0n) is 10.9. The van der Waals surface area contributed by atoms with Gasteiger partial charge < -0.3 is 10.5 Å². The van der Waals surface area contributed by atoms with Crippen LogP contribution in [0, 0.1) is 11.8 Å². The molecule has 96 valence electrons. The first-order valence-electron chi connectivity index (χ1n) is 6.40. The molecule has 1 aromatic rings. The Morgan fingerprint density at radius 2 is 2.28 bits per heavy atom. The van der Waals surface area contributed by atoms with Crippen LogP contribution in [-0.2, 0) is 11.3 Å². The van der Waals surface area contributed by atoms with Crippen molar-refractivity contribution in [2.45, 2.75) is 19.6 Å². The number of rotatable bonds is 2. The van der Waals surface area contributed by atoms with E-state index < -0.39 is 0 Å². The molecule has 2 rings (SSSR count). The molecular weight excluding hydrogens is 224 g/mol. The van der Waals surface area contributed by atoms with Crippen molar-refractivity contribution in [3.05, 3.63) is 35.4 Å². The van der Waals surface area contributed by atoms with Crippen molar-refractivity contribution >= 4 is 0 Å². The number of morpholine rings is 1. The summed E-state index contributed by atoms with van der Waals surface area (Å²) in [5.41, 5.74) is 7.78. The molecule has 3 heteroatoms. The summed E-state index contributed by atoms with van der Waals surface area (Å²) in [6.07, 6.45) is 0.320. The normalized spacial score (nSPS) is 20.2. The topological polar surface area (TPSA) is 38.5 Å². The summed E-state index contributed by atoms with van der Waals surface area (Å²) >= 11 is 0. The number of benzene rings is 1. The fourth-order valence-corrected chi connectivity index (χ4v) is 2.20. The minimum Gasteiger partial charge on any atom is -0.376 e. The van der Waals surface area contributed by atoms with E-state index >= 15 is 0 Å². The Bertz CT molecular complexity index is 447. The molecule has 0 aromatic heterocycles. The third-order valence-corrected chi connectivity index (χ3v) is 3.06. The minimum atomic E-state index is 0.320. The molecule has 1 aliphatic rings. The summed E-state index contributed by atoms with van der Waals surface area (Å²) < 4.78 is 5.55. The second kappa shape index (κ2) is 6.55. The molecule has 0 amide bonds.